The number of benzene rings is 1. The molecule has 0 aromatic heterocycles. The Morgan fingerprint density at radius 3 is 2.14 bits per heavy atom. The molecule has 8 heteroatoms. The van der Waals surface area contributed by atoms with Gasteiger partial charge in [-0.15, -0.1) is 0 Å². The standard InChI is InChI=1S/C28H44N2O5Si/c1-18(2)36(19(3)4,20(5)6)35-27-29-26(31)24(25(34-27)22-15-11-8-12-16-22)30-23(17-33-28(30)32)21-13-9-7-10-14-21/h7,9-10,13-14,18-20,22-25,27H,8,11-12,15-17H2,1-6H3,(H,29,31)/t23-,24?,25?,27-/m1/s1. The van der Waals surface area contributed by atoms with Crippen molar-refractivity contribution in [2.24, 2.45) is 5.92 Å². The maximum Gasteiger partial charge on any atom is 0.411 e. The van der Waals surface area contributed by atoms with E-state index in [0.29, 0.717) is 16.6 Å². The molecule has 4 atom stereocenters. The average Bonchev–Trinajstić information content (AvgIpc) is 3.23. The third kappa shape index (κ3) is 5.09. The minimum atomic E-state index is -2.30. The second-order valence-corrected chi connectivity index (χ2v) is 17.0. The molecule has 1 aromatic carbocycles. The van der Waals surface area contributed by atoms with Crippen molar-refractivity contribution in [3.63, 3.8) is 0 Å². The Balaban J connectivity index is 1.66. The first-order valence-corrected chi connectivity index (χ1v) is 15.9. The zero-order chi connectivity index (χ0) is 26.0. The summed E-state index contributed by atoms with van der Waals surface area (Å²) in [6.07, 6.45) is 3.71. The maximum absolute atomic E-state index is 13.9. The summed E-state index contributed by atoms with van der Waals surface area (Å²) in [5.41, 5.74) is 2.04. The molecule has 3 aliphatic rings. The molecule has 2 saturated heterocycles. The van der Waals surface area contributed by atoms with E-state index >= 15 is 0 Å². The lowest BCUT2D eigenvalue weighted by molar-refractivity contribution is -0.209. The van der Waals surface area contributed by atoms with Gasteiger partial charge in [0, 0.05) is 0 Å². The topological polar surface area (TPSA) is 77.1 Å². The molecule has 0 spiro atoms. The van der Waals surface area contributed by atoms with Crippen molar-refractivity contribution in [2.45, 2.75) is 115 Å². The molecule has 2 aliphatic heterocycles. The fourth-order valence-electron chi connectivity index (χ4n) is 7.04. The van der Waals surface area contributed by atoms with Gasteiger partial charge in [-0.05, 0) is 40.9 Å². The van der Waals surface area contributed by atoms with Crippen LogP contribution in [0.4, 0.5) is 4.79 Å². The quantitative estimate of drug-likeness (QED) is 0.421. The van der Waals surface area contributed by atoms with Crippen LogP contribution in [0, 0.1) is 5.92 Å². The average molecular weight is 517 g/mol. The van der Waals surface area contributed by atoms with Crippen molar-refractivity contribution < 1.29 is 23.5 Å². The van der Waals surface area contributed by atoms with Gasteiger partial charge in [-0.1, -0.05) is 91.1 Å². The Morgan fingerprint density at radius 1 is 0.944 bits per heavy atom. The minimum absolute atomic E-state index is 0.193. The predicted molar refractivity (Wildman–Crippen MR) is 142 cm³/mol. The molecule has 2 amide bonds. The van der Waals surface area contributed by atoms with E-state index in [2.05, 4.69) is 46.9 Å². The number of amides is 2. The number of hydrogen-bond acceptors (Lipinski definition) is 5. The van der Waals surface area contributed by atoms with E-state index in [9.17, 15) is 9.59 Å². The van der Waals surface area contributed by atoms with Crippen LogP contribution in [0.25, 0.3) is 0 Å². The van der Waals surface area contributed by atoms with Crippen molar-refractivity contribution in [3.8, 4) is 0 Å². The van der Waals surface area contributed by atoms with E-state index in [4.69, 9.17) is 13.9 Å². The largest absolute Gasteiger partial charge is 0.447 e. The Morgan fingerprint density at radius 2 is 1.56 bits per heavy atom. The molecule has 7 nitrogen and oxygen atoms in total. The van der Waals surface area contributed by atoms with E-state index in [1.807, 2.05) is 30.3 Å². The van der Waals surface area contributed by atoms with Gasteiger partial charge >= 0.3 is 6.09 Å². The molecule has 200 valence electrons. The zero-order valence-electron chi connectivity index (χ0n) is 22.7. The number of nitrogens with zero attached hydrogens (tertiary/aromatic N) is 1. The molecule has 0 bridgehead atoms. The van der Waals surface area contributed by atoms with Crippen molar-refractivity contribution in [2.75, 3.05) is 6.61 Å². The monoisotopic (exact) mass is 516 g/mol. The second-order valence-electron chi connectivity index (χ2n) is 11.6. The highest BCUT2D eigenvalue weighted by Gasteiger charge is 2.54. The third-order valence-corrected chi connectivity index (χ3v) is 14.7. The fraction of sp³-hybridized carbons (Fsp3) is 0.714. The van der Waals surface area contributed by atoms with Crippen LogP contribution in [-0.2, 0) is 18.7 Å². The molecular formula is C28H44N2O5Si. The maximum atomic E-state index is 13.9. The summed E-state index contributed by atoms with van der Waals surface area (Å²) in [6.45, 7) is 13.6. The van der Waals surface area contributed by atoms with Crippen LogP contribution in [0.1, 0.15) is 85.3 Å². The summed E-state index contributed by atoms with van der Waals surface area (Å²) in [5.74, 6) is -0.0142. The third-order valence-electron chi connectivity index (χ3n) is 8.65. The second kappa shape index (κ2) is 11.2. The smallest absolute Gasteiger partial charge is 0.411 e. The van der Waals surface area contributed by atoms with Gasteiger partial charge in [0.2, 0.25) is 20.6 Å². The number of carbonyl (C=O) groups excluding carboxylic acids is 2. The predicted octanol–water partition coefficient (Wildman–Crippen LogP) is 6.12. The van der Waals surface area contributed by atoms with Crippen molar-refractivity contribution in [1.82, 2.24) is 10.2 Å². The highest BCUT2D eigenvalue weighted by atomic mass is 28.4. The van der Waals surface area contributed by atoms with Gasteiger partial charge in [-0.3, -0.25) is 9.69 Å². The number of hydrogen-bond donors (Lipinski definition) is 1. The highest BCUT2D eigenvalue weighted by Crippen LogP contribution is 2.44. The molecule has 0 radical (unpaired) electrons. The van der Waals surface area contributed by atoms with Crippen molar-refractivity contribution >= 4 is 20.3 Å². The summed E-state index contributed by atoms with van der Waals surface area (Å²) < 4.78 is 19.0. The summed E-state index contributed by atoms with van der Waals surface area (Å²) in [5, 5.41) is 3.03. The van der Waals surface area contributed by atoms with E-state index < -0.39 is 33.0 Å². The normalized spacial score (nSPS) is 28.2. The Bertz CT molecular complexity index is 881. The lowest BCUT2D eigenvalue weighted by Crippen LogP contribution is -2.67. The molecule has 1 aromatic rings. The molecule has 2 heterocycles. The molecular weight excluding hydrogens is 472 g/mol. The van der Waals surface area contributed by atoms with Crippen LogP contribution in [-0.4, -0.2) is 50.4 Å². The van der Waals surface area contributed by atoms with Gasteiger partial charge in [-0.2, -0.15) is 0 Å². The summed E-state index contributed by atoms with van der Waals surface area (Å²) in [7, 11) is -2.30. The van der Waals surface area contributed by atoms with Crippen LogP contribution >= 0.6 is 0 Å². The Kier molecular flexibility index (Phi) is 8.47. The van der Waals surface area contributed by atoms with Gasteiger partial charge in [0.25, 0.3) is 0 Å². The number of ether oxygens (including phenoxy) is 2. The molecule has 1 N–H and O–H groups in total. The zero-order valence-corrected chi connectivity index (χ0v) is 23.7. The molecule has 3 fully saturated rings. The van der Waals surface area contributed by atoms with Gasteiger partial charge in [0.15, 0.2) is 0 Å². The first-order valence-electron chi connectivity index (χ1n) is 13.8. The van der Waals surface area contributed by atoms with Crippen LogP contribution in [0.2, 0.25) is 16.6 Å². The van der Waals surface area contributed by atoms with E-state index in [1.165, 1.54) is 6.42 Å². The van der Waals surface area contributed by atoms with Crippen molar-refractivity contribution in [3.05, 3.63) is 35.9 Å². The van der Waals surface area contributed by atoms with E-state index in [-0.39, 0.29) is 24.5 Å². The first kappa shape index (κ1) is 27.1. The molecule has 4 rings (SSSR count). The molecule has 1 saturated carbocycles. The van der Waals surface area contributed by atoms with Crippen LogP contribution in [0.3, 0.4) is 0 Å². The van der Waals surface area contributed by atoms with E-state index in [1.54, 1.807) is 4.90 Å². The molecule has 36 heavy (non-hydrogen) atoms. The van der Waals surface area contributed by atoms with E-state index in [0.717, 1.165) is 31.2 Å². The molecule has 2 unspecified atom stereocenters. The van der Waals surface area contributed by atoms with Gasteiger partial charge in [0.05, 0.1) is 12.1 Å². The SMILES string of the molecule is CC(C)[Si](O[C@@H]1NC(=O)C(N2C(=O)OC[C@@H]2c2ccccc2)C(C2CCCCC2)O1)(C(C)C)C(C)C. The lowest BCUT2D eigenvalue weighted by atomic mass is 9.81. The first-order chi connectivity index (χ1) is 17.2. The van der Waals surface area contributed by atoms with Crippen LogP contribution in [0.5, 0.6) is 0 Å². The van der Waals surface area contributed by atoms with Crippen molar-refractivity contribution in [1.29, 1.82) is 0 Å². The minimum Gasteiger partial charge on any atom is -0.447 e. The van der Waals surface area contributed by atoms with Gasteiger partial charge < -0.3 is 19.2 Å². The van der Waals surface area contributed by atoms with Gasteiger partial charge in [-0.25, -0.2) is 4.79 Å². The summed E-state index contributed by atoms with van der Waals surface area (Å²) in [6, 6.07) is 8.74. The fourth-order valence-corrected chi connectivity index (χ4v) is 12.3. The number of carbonyl (C=O) groups is 2. The Hall–Kier alpha value is -1.90. The number of nitrogens with one attached hydrogen (secondary N) is 1. The van der Waals surface area contributed by atoms with Crippen LogP contribution < -0.4 is 5.32 Å². The summed E-state index contributed by atoms with van der Waals surface area (Å²) in [4.78, 5) is 28.5. The van der Waals surface area contributed by atoms with Gasteiger partial charge in [0.1, 0.15) is 12.6 Å². The summed E-state index contributed by atoms with van der Waals surface area (Å²) >= 11 is 0. The molecule has 1 aliphatic carbocycles. The lowest BCUT2D eigenvalue weighted by Gasteiger charge is -2.49. The Labute approximate surface area is 217 Å². The highest BCUT2D eigenvalue weighted by molar-refractivity contribution is 6.77. The number of cyclic esters (lactones) is 1. The number of rotatable bonds is 8. The van der Waals surface area contributed by atoms with Crippen LogP contribution in [0.15, 0.2) is 30.3 Å².